The van der Waals surface area contributed by atoms with Crippen LogP contribution in [0.3, 0.4) is 0 Å². The Kier molecular flexibility index (Phi) is 7.69. The summed E-state index contributed by atoms with van der Waals surface area (Å²) < 4.78 is 41.7. The van der Waals surface area contributed by atoms with Gasteiger partial charge in [-0.15, -0.1) is 0 Å². The molecule has 1 aliphatic rings. The van der Waals surface area contributed by atoms with Crippen LogP contribution in [0.1, 0.15) is 32.6 Å². The van der Waals surface area contributed by atoms with Gasteiger partial charge in [-0.25, -0.2) is 17.6 Å². The zero-order valence-corrected chi connectivity index (χ0v) is 15.8. The topological polar surface area (TPSA) is 102 Å². The molecular weight excluding hydrogens is 379 g/mol. The number of ether oxygens (including phenoxy) is 1. The van der Waals surface area contributed by atoms with Gasteiger partial charge >= 0.3 is 5.97 Å². The summed E-state index contributed by atoms with van der Waals surface area (Å²) in [5.74, 6) is -1.74. The van der Waals surface area contributed by atoms with E-state index in [4.69, 9.17) is 4.74 Å². The number of nitrogens with zero attached hydrogens (tertiary/aromatic N) is 1. The van der Waals surface area contributed by atoms with Crippen LogP contribution >= 0.6 is 0 Å². The lowest BCUT2D eigenvalue weighted by atomic mass is 10.2. The van der Waals surface area contributed by atoms with Crippen molar-refractivity contribution in [1.29, 1.82) is 0 Å². The lowest BCUT2D eigenvalue weighted by molar-refractivity contribution is -0.163. The third-order valence-electron chi connectivity index (χ3n) is 4.06. The van der Waals surface area contributed by atoms with Crippen LogP contribution in [0.25, 0.3) is 0 Å². The van der Waals surface area contributed by atoms with Crippen LogP contribution in [0.15, 0.2) is 29.2 Å². The highest BCUT2D eigenvalue weighted by molar-refractivity contribution is 7.89. The summed E-state index contributed by atoms with van der Waals surface area (Å²) in [7, 11) is -4.06. The molecule has 150 valence electrons. The number of esters is 1. The zero-order chi connectivity index (χ0) is 19.9. The van der Waals surface area contributed by atoms with Crippen LogP contribution in [0.5, 0.6) is 0 Å². The van der Waals surface area contributed by atoms with E-state index in [1.54, 1.807) is 9.79 Å². The van der Waals surface area contributed by atoms with Crippen molar-refractivity contribution in [2.75, 3.05) is 19.7 Å². The summed E-state index contributed by atoms with van der Waals surface area (Å²) >= 11 is 0. The molecule has 1 fully saturated rings. The Morgan fingerprint density at radius 1 is 1.15 bits per heavy atom. The molecule has 0 aliphatic carbocycles. The highest BCUT2D eigenvalue weighted by Crippen LogP contribution is 2.12. The Morgan fingerprint density at radius 2 is 1.74 bits per heavy atom. The predicted molar refractivity (Wildman–Crippen MR) is 93.3 cm³/mol. The molecule has 0 unspecified atom stereocenters. The minimum Gasteiger partial charge on any atom is -0.451 e. The number of amides is 1. The minimum absolute atomic E-state index is 0.220. The fourth-order valence-corrected chi connectivity index (χ4v) is 3.46. The van der Waals surface area contributed by atoms with Gasteiger partial charge in [0, 0.05) is 13.1 Å². The average Bonchev–Trinajstić information content (AvgIpc) is 2.90. The molecule has 8 nitrogen and oxygen atoms in total. The standard InChI is InChI=1S/C17H23FN2O6S/c1-13(17(22)20-10-4-2-3-5-11-20)26-16(21)12-25-19-27(23,24)15-8-6-14(18)7-9-15/h6-9,13,19H,2-5,10-12H2,1H3/t13-/m0/s1. The fraction of sp³-hybridized carbons (Fsp3) is 0.529. The van der Waals surface area contributed by atoms with Crippen molar-refractivity contribution in [3.05, 3.63) is 30.1 Å². The fourth-order valence-electron chi connectivity index (χ4n) is 2.66. The van der Waals surface area contributed by atoms with Crippen LogP contribution in [0.2, 0.25) is 0 Å². The van der Waals surface area contributed by atoms with Crippen LogP contribution in [-0.2, 0) is 29.2 Å². The van der Waals surface area contributed by atoms with Gasteiger partial charge in [-0.1, -0.05) is 17.7 Å². The maximum absolute atomic E-state index is 12.8. The van der Waals surface area contributed by atoms with Gasteiger partial charge in [-0.05, 0) is 44.0 Å². The third kappa shape index (κ3) is 6.56. The second kappa shape index (κ2) is 9.77. The Labute approximate surface area is 157 Å². The van der Waals surface area contributed by atoms with Gasteiger partial charge in [0.2, 0.25) is 0 Å². The SMILES string of the molecule is C[C@H](OC(=O)CONS(=O)(=O)c1ccc(F)cc1)C(=O)N1CCCCCC1. The molecule has 0 spiro atoms. The summed E-state index contributed by atoms with van der Waals surface area (Å²) in [5, 5.41) is 0. The van der Waals surface area contributed by atoms with Crippen molar-refractivity contribution in [2.45, 2.75) is 43.6 Å². The molecule has 1 heterocycles. The molecule has 0 bridgehead atoms. The monoisotopic (exact) mass is 402 g/mol. The number of halogens is 1. The smallest absolute Gasteiger partial charge is 0.335 e. The average molecular weight is 402 g/mol. The molecule has 1 saturated heterocycles. The first kappa shape index (κ1) is 21.3. The van der Waals surface area contributed by atoms with Gasteiger partial charge in [0.05, 0.1) is 4.90 Å². The van der Waals surface area contributed by atoms with Crippen LogP contribution < -0.4 is 4.89 Å². The number of hydrogen-bond donors (Lipinski definition) is 1. The van der Waals surface area contributed by atoms with Crippen molar-refractivity contribution < 1.29 is 32.0 Å². The van der Waals surface area contributed by atoms with Crippen molar-refractivity contribution in [3.63, 3.8) is 0 Å². The maximum Gasteiger partial charge on any atom is 0.335 e. The van der Waals surface area contributed by atoms with E-state index in [2.05, 4.69) is 4.84 Å². The number of rotatable bonds is 7. The van der Waals surface area contributed by atoms with Crippen LogP contribution in [0.4, 0.5) is 4.39 Å². The molecule has 0 aromatic heterocycles. The van der Waals surface area contributed by atoms with Crippen LogP contribution in [-0.4, -0.2) is 51.0 Å². The molecule has 0 saturated carbocycles. The number of carbonyl (C=O) groups is 2. The molecule has 1 aromatic rings. The van der Waals surface area contributed by atoms with E-state index in [-0.39, 0.29) is 10.8 Å². The number of carbonyl (C=O) groups excluding carboxylic acids is 2. The summed E-state index contributed by atoms with van der Waals surface area (Å²) in [5.41, 5.74) is 0. The Bertz CT molecular complexity index is 745. The highest BCUT2D eigenvalue weighted by Gasteiger charge is 2.25. The molecule has 2 rings (SSSR count). The van der Waals surface area contributed by atoms with E-state index in [1.165, 1.54) is 6.92 Å². The summed E-state index contributed by atoms with van der Waals surface area (Å²) in [6, 6.07) is 4.08. The number of likely N-dealkylation sites (tertiary alicyclic amines) is 1. The lowest BCUT2D eigenvalue weighted by Gasteiger charge is -2.23. The summed E-state index contributed by atoms with van der Waals surface area (Å²) in [6.07, 6.45) is 2.99. The molecule has 27 heavy (non-hydrogen) atoms. The Morgan fingerprint density at radius 3 is 2.33 bits per heavy atom. The molecule has 0 radical (unpaired) electrons. The molecule has 1 aliphatic heterocycles. The van der Waals surface area contributed by atoms with E-state index in [1.807, 2.05) is 0 Å². The van der Waals surface area contributed by atoms with E-state index in [0.717, 1.165) is 49.9 Å². The Hall–Kier alpha value is -2.04. The third-order valence-corrected chi connectivity index (χ3v) is 5.29. The first-order valence-electron chi connectivity index (χ1n) is 8.67. The molecule has 1 amide bonds. The van der Waals surface area contributed by atoms with Gasteiger partial charge in [0.15, 0.2) is 12.7 Å². The second-order valence-electron chi connectivity index (χ2n) is 6.20. The summed E-state index contributed by atoms with van der Waals surface area (Å²) in [6.45, 7) is 2.02. The first-order valence-corrected chi connectivity index (χ1v) is 10.2. The number of hydrogen-bond acceptors (Lipinski definition) is 6. The largest absolute Gasteiger partial charge is 0.451 e. The number of sulfonamides is 1. The normalized spacial score (nSPS) is 16.4. The molecule has 10 heteroatoms. The maximum atomic E-state index is 12.8. The van der Waals surface area contributed by atoms with E-state index in [0.29, 0.717) is 13.1 Å². The van der Waals surface area contributed by atoms with Gasteiger partial charge < -0.3 is 9.64 Å². The van der Waals surface area contributed by atoms with Crippen molar-refractivity contribution >= 4 is 21.9 Å². The molecular formula is C17H23FN2O6S. The van der Waals surface area contributed by atoms with Crippen molar-refractivity contribution in [1.82, 2.24) is 9.79 Å². The van der Waals surface area contributed by atoms with E-state index in [9.17, 15) is 22.4 Å². The lowest BCUT2D eigenvalue weighted by Crippen LogP contribution is -2.41. The second-order valence-corrected chi connectivity index (χ2v) is 7.85. The van der Waals surface area contributed by atoms with Gasteiger partial charge in [-0.3, -0.25) is 9.63 Å². The first-order chi connectivity index (χ1) is 12.8. The van der Waals surface area contributed by atoms with E-state index >= 15 is 0 Å². The summed E-state index contributed by atoms with van der Waals surface area (Å²) in [4.78, 5) is 31.9. The molecule has 1 N–H and O–H groups in total. The van der Waals surface area contributed by atoms with E-state index < -0.39 is 34.5 Å². The van der Waals surface area contributed by atoms with Crippen molar-refractivity contribution in [3.8, 4) is 0 Å². The Balaban J connectivity index is 1.78. The number of benzene rings is 1. The quantitative estimate of drug-likeness (QED) is 0.546. The predicted octanol–water partition coefficient (Wildman–Crippen LogP) is 1.37. The number of nitrogens with one attached hydrogen (secondary N) is 1. The minimum atomic E-state index is -4.06. The van der Waals surface area contributed by atoms with Crippen LogP contribution in [0, 0.1) is 5.82 Å². The zero-order valence-electron chi connectivity index (χ0n) is 15.0. The molecule has 1 atom stereocenters. The van der Waals surface area contributed by atoms with Crippen molar-refractivity contribution in [2.24, 2.45) is 0 Å². The van der Waals surface area contributed by atoms with Gasteiger partial charge in [0.25, 0.3) is 15.9 Å². The highest BCUT2D eigenvalue weighted by atomic mass is 32.2. The van der Waals surface area contributed by atoms with Gasteiger partial charge in [-0.2, -0.15) is 0 Å². The molecule has 1 aromatic carbocycles. The van der Waals surface area contributed by atoms with Gasteiger partial charge in [0.1, 0.15) is 5.82 Å².